The van der Waals surface area contributed by atoms with Crippen LogP contribution < -0.4 is 5.56 Å². The maximum Gasteiger partial charge on any atom is 0.261 e. The van der Waals surface area contributed by atoms with Gasteiger partial charge in [-0.2, -0.15) is 0 Å². The fraction of sp³-hybridized carbons (Fsp3) is 0.318. The molecular weight excluding hydrogens is 461 g/mol. The lowest BCUT2D eigenvalue weighted by Gasteiger charge is -2.30. The van der Waals surface area contributed by atoms with Crippen molar-refractivity contribution >= 4 is 51.6 Å². The zero-order valence-corrected chi connectivity index (χ0v) is 19.6. The topological polar surface area (TPSA) is 64.4 Å². The van der Waals surface area contributed by atoms with Crippen molar-refractivity contribution in [2.24, 2.45) is 0 Å². The monoisotopic (exact) mass is 481 g/mol. The van der Waals surface area contributed by atoms with Crippen LogP contribution in [0.25, 0.3) is 10.9 Å². The number of amides is 1. The Morgan fingerprint density at radius 1 is 1.16 bits per heavy atom. The molecule has 0 N–H and O–H groups in total. The van der Waals surface area contributed by atoms with Crippen LogP contribution in [0.2, 0.25) is 15.1 Å². The van der Waals surface area contributed by atoms with Crippen LogP contribution in [0.3, 0.4) is 0 Å². The van der Waals surface area contributed by atoms with Crippen molar-refractivity contribution in [2.75, 3.05) is 20.3 Å². The number of halogens is 3. The number of aromatic nitrogens is 2. The third kappa shape index (κ3) is 4.88. The Bertz CT molecular complexity index is 1180. The molecule has 1 heterocycles. The Morgan fingerprint density at radius 2 is 1.84 bits per heavy atom. The first-order chi connectivity index (χ1) is 14.8. The van der Waals surface area contributed by atoms with Gasteiger partial charge in [0.1, 0.15) is 5.82 Å². The van der Waals surface area contributed by atoms with Crippen molar-refractivity contribution in [3.8, 4) is 0 Å². The number of hydrogen-bond acceptors (Lipinski definition) is 4. The van der Waals surface area contributed by atoms with Crippen LogP contribution in [0, 0.1) is 0 Å². The zero-order chi connectivity index (χ0) is 22.7. The minimum atomic E-state index is -0.537. The van der Waals surface area contributed by atoms with Gasteiger partial charge in [-0.3, -0.25) is 14.2 Å². The van der Waals surface area contributed by atoms with Crippen molar-refractivity contribution < 1.29 is 9.53 Å². The Morgan fingerprint density at radius 3 is 2.48 bits per heavy atom. The van der Waals surface area contributed by atoms with Gasteiger partial charge < -0.3 is 9.64 Å². The average molecular weight is 483 g/mol. The van der Waals surface area contributed by atoms with E-state index in [2.05, 4.69) is 0 Å². The molecule has 3 rings (SSSR count). The number of methoxy groups -OCH3 is 1. The summed E-state index contributed by atoms with van der Waals surface area (Å²) in [6, 6.07) is 9.14. The van der Waals surface area contributed by atoms with E-state index in [9.17, 15) is 9.59 Å². The minimum absolute atomic E-state index is 0.185. The summed E-state index contributed by atoms with van der Waals surface area (Å²) in [5.74, 6) is 0.145. The number of nitrogens with zero attached hydrogens (tertiary/aromatic N) is 3. The van der Waals surface area contributed by atoms with Crippen LogP contribution >= 0.6 is 34.8 Å². The van der Waals surface area contributed by atoms with E-state index < -0.39 is 6.04 Å². The molecule has 1 atom stereocenters. The van der Waals surface area contributed by atoms with Gasteiger partial charge >= 0.3 is 0 Å². The Labute approximate surface area is 195 Å². The number of carbonyl (C=O) groups excluding carboxylic acids is 1. The summed E-state index contributed by atoms with van der Waals surface area (Å²) < 4.78 is 6.77. The van der Waals surface area contributed by atoms with Crippen LogP contribution in [0.1, 0.15) is 36.1 Å². The molecule has 6 nitrogen and oxygen atoms in total. The molecule has 0 radical (unpaired) electrons. The molecule has 2 aromatic carbocycles. The molecule has 0 bridgehead atoms. The van der Waals surface area contributed by atoms with Crippen LogP contribution in [-0.2, 0) is 11.3 Å². The van der Waals surface area contributed by atoms with E-state index in [1.54, 1.807) is 46.9 Å². The largest absolute Gasteiger partial charge is 0.383 e. The van der Waals surface area contributed by atoms with E-state index in [0.29, 0.717) is 45.5 Å². The quantitative estimate of drug-likeness (QED) is 0.463. The van der Waals surface area contributed by atoms with Gasteiger partial charge in [-0.1, -0.05) is 34.8 Å². The van der Waals surface area contributed by atoms with Gasteiger partial charge in [0.25, 0.3) is 11.5 Å². The number of fused-ring (bicyclic) bond motifs is 1. The molecule has 0 fully saturated rings. The first-order valence-corrected chi connectivity index (χ1v) is 10.9. The minimum Gasteiger partial charge on any atom is -0.383 e. The number of hydrogen-bond donors (Lipinski definition) is 0. The Hall–Kier alpha value is -2.12. The standard InChI is InChI=1S/C22H22Cl3N3O3/c1-4-27-20(26-19-12-15(24)6-8-17(19)22(27)30)13(2)28(9-10-31-3)21(29)16-7-5-14(23)11-18(16)25/h5-8,11-13H,4,9-10H2,1-3H3. The third-order valence-corrected chi connectivity index (χ3v) is 5.85. The van der Waals surface area contributed by atoms with Crippen molar-refractivity contribution in [1.82, 2.24) is 14.5 Å². The van der Waals surface area contributed by atoms with Gasteiger partial charge in [0.2, 0.25) is 0 Å². The lowest BCUT2D eigenvalue weighted by Crippen LogP contribution is -2.39. The summed E-state index contributed by atoms with van der Waals surface area (Å²) in [6.07, 6.45) is 0. The first-order valence-electron chi connectivity index (χ1n) is 9.73. The normalized spacial score (nSPS) is 12.2. The van der Waals surface area contributed by atoms with Gasteiger partial charge in [-0.05, 0) is 50.2 Å². The molecule has 0 saturated carbocycles. The molecule has 0 spiro atoms. The van der Waals surface area contributed by atoms with Crippen molar-refractivity contribution in [1.29, 1.82) is 0 Å². The molecule has 9 heteroatoms. The van der Waals surface area contributed by atoms with Crippen molar-refractivity contribution in [2.45, 2.75) is 26.4 Å². The molecule has 3 aromatic rings. The second kappa shape index (κ2) is 10.0. The van der Waals surface area contributed by atoms with Crippen molar-refractivity contribution in [3.63, 3.8) is 0 Å². The molecule has 31 heavy (non-hydrogen) atoms. The lowest BCUT2D eigenvalue weighted by molar-refractivity contribution is 0.0603. The summed E-state index contributed by atoms with van der Waals surface area (Å²) >= 11 is 18.4. The van der Waals surface area contributed by atoms with Crippen LogP contribution in [0.4, 0.5) is 0 Å². The number of benzene rings is 2. The molecule has 1 amide bonds. The summed E-state index contributed by atoms with van der Waals surface area (Å²) in [4.78, 5) is 32.8. The summed E-state index contributed by atoms with van der Waals surface area (Å²) in [5, 5.41) is 1.63. The van der Waals surface area contributed by atoms with E-state index in [1.165, 1.54) is 6.07 Å². The molecule has 1 aromatic heterocycles. The van der Waals surface area contributed by atoms with Crippen LogP contribution in [-0.4, -0.2) is 40.6 Å². The van der Waals surface area contributed by atoms with Gasteiger partial charge in [0, 0.05) is 30.2 Å². The molecule has 0 aliphatic rings. The van der Waals surface area contributed by atoms with Gasteiger partial charge in [0.15, 0.2) is 0 Å². The highest BCUT2D eigenvalue weighted by Gasteiger charge is 2.28. The summed E-state index contributed by atoms with van der Waals surface area (Å²) in [5.41, 5.74) is 0.602. The van der Waals surface area contributed by atoms with E-state index in [0.717, 1.165) is 0 Å². The highest BCUT2D eigenvalue weighted by Crippen LogP contribution is 2.27. The molecule has 0 aliphatic heterocycles. The zero-order valence-electron chi connectivity index (χ0n) is 17.4. The number of rotatable bonds is 7. The lowest BCUT2D eigenvalue weighted by atomic mass is 10.1. The van der Waals surface area contributed by atoms with Gasteiger partial charge in [-0.25, -0.2) is 4.98 Å². The number of carbonyl (C=O) groups is 1. The second-order valence-electron chi connectivity index (χ2n) is 6.97. The van der Waals surface area contributed by atoms with E-state index in [4.69, 9.17) is 44.5 Å². The fourth-order valence-electron chi connectivity index (χ4n) is 3.45. The summed E-state index contributed by atoms with van der Waals surface area (Å²) in [6.45, 7) is 4.66. The third-order valence-electron chi connectivity index (χ3n) is 5.06. The highest BCUT2D eigenvalue weighted by molar-refractivity contribution is 6.36. The van der Waals surface area contributed by atoms with E-state index in [1.807, 2.05) is 13.8 Å². The van der Waals surface area contributed by atoms with Gasteiger partial charge in [-0.15, -0.1) is 0 Å². The number of ether oxygens (including phenoxy) is 1. The highest BCUT2D eigenvalue weighted by atomic mass is 35.5. The predicted octanol–water partition coefficient (Wildman–Crippen LogP) is 5.23. The first kappa shape index (κ1) is 23.5. The Kier molecular flexibility index (Phi) is 7.59. The fourth-order valence-corrected chi connectivity index (χ4v) is 4.11. The van der Waals surface area contributed by atoms with Crippen LogP contribution in [0.5, 0.6) is 0 Å². The second-order valence-corrected chi connectivity index (χ2v) is 8.25. The maximum atomic E-state index is 13.4. The Balaban J connectivity index is 2.13. The molecule has 164 valence electrons. The SMILES string of the molecule is CCn1c(C(C)N(CCOC)C(=O)c2ccc(Cl)cc2Cl)nc2cc(Cl)ccc2c1=O. The molecular formula is C22H22Cl3N3O3. The van der Waals surface area contributed by atoms with Crippen LogP contribution in [0.15, 0.2) is 41.2 Å². The predicted molar refractivity (Wildman–Crippen MR) is 124 cm³/mol. The maximum absolute atomic E-state index is 13.4. The molecule has 0 saturated heterocycles. The van der Waals surface area contributed by atoms with E-state index >= 15 is 0 Å². The molecule has 0 aliphatic carbocycles. The average Bonchev–Trinajstić information content (AvgIpc) is 2.73. The smallest absolute Gasteiger partial charge is 0.261 e. The molecule has 1 unspecified atom stereocenters. The van der Waals surface area contributed by atoms with E-state index in [-0.39, 0.29) is 23.0 Å². The van der Waals surface area contributed by atoms with Gasteiger partial charge in [0.05, 0.1) is 34.1 Å². The van der Waals surface area contributed by atoms with Crippen molar-refractivity contribution in [3.05, 3.63) is 73.2 Å². The summed E-state index contributed by atoms with van der Waals surface area (Å²) in [7, 11) is 1.56.